The Morgan fingerprint density at radius 3 is 2.68 bits per heavy atom. The van der Waals surface area contributed by atoms with E-state index >= 15 is 0 Å². The lowest BCUT2D eigenvalue weighted by atomic mass is 9.90. The molecule has 0 spiro atoms. The molecule has 0 amide bonds. The Labute approximate surface area is 220 Å². The summed E-state index contributed by atoms with van der Waals surface area (Å²) in [7, 11) is 1.73. The minimum Gasteiger partial charge on any atom is -0.364 e. The molecule has 38 heavy (non-hydrogen) atoms. The van der Waals surface area contributed by atoms with Crippen LogP contribution in [-0.2, 0) is 13.5 Å². The number of hydrogen-bond acceptors (Lipinski definition) is 8. The highest BCUT2D eigenvalue weighted by Gasteiger charge is 2.40. The van der Waals surface area contributed by atoms with Crippen molar-refractivity contribution in [3.8, 4) is 6.07 Å². The maximum absolute atomic E-state index is 12.9. The summed E-state index contributed by atoms with van der Waals surface area (Å²) >= 11 is 0. The summed E-state index contributed by atoms with van der Waals surface area (Å²) in [6.45, 7) is 7.82. The number of pyridine rings is 3. The number of hydrogen-bond donors (Lipinski definition) is 0. The highest BCUT2D eigenvalue weighted by molar-refractivity contribution is 5.89. The predicted octanol–water partition coefficient (Wildman–Crippen LogP) is 4.36. The molecule has 4 aromatic heterocycles. The third-order valence-electron chi connectivity index (χ3n) is 7.84. The van der Waals surface area contributed by atoms with Crippen molar-refractivity contribution in [1.82, 2.24) is 19.4 Å². The molecule has 1 unspecified atom stereocenters. The van der Waals surface area contributed by atoms with E-state index in [4.69, 9.17) is 14.1 Å². The van der Waals surface area contributed by atoms with Gasteiger partial charge in [-0.25, -0.2) is 4.98 Å². The third kappa shape index (κ3) is 3.92. The zero-order valence-electron chi connectivity index (χ0n) is 22.0. The second kappa shape index (κ2) is 9.30. The van der Waals surface area contributed by atoms with Gasteiger partial charge in [-0.15, -0.1) is 0 Å². The molecule has 2 aliphatic rings. The summed E-state index contributed by atoms with van der Waals surface area (Å²) in [5.74, 6) is 1.74. The van der Waals surface area contributed by atoms with E-state index in [-0.39, 0.29) is 23.7 Å². The van der Waals surface area contributed by atoms with Gasteiger partial charge in [-0.3, -0.25) is 23.8 Å². The predicted molar refractivity (Wildman–Crippen MR) is 144 cm³/mol. The molecular weight excluding hydrogens is 480 g/mol. The Kier molecular flexibility index (Phi) is 5.92. The van der Waals surface area contributed by atoms with Crippen LogP contribution in [0.4, 0.5) is 5.69 Å². The SMILES string of the molecule is Cc1ccc(C(C2=CCCc3ooc32)N2C[C@H](C)N(c3cc(=O)n(C)c4ccc(C#N)nc34)C[C@H]2C)nc1. The summed E-state index contributed by atoms with van der Waals surface area (Å²) in [4.78, 5) is 27.1. The van der Waals surface area contributed by atoms with E-state index in [0.717, 1.165) is 53.4 Å². The number of anilines is 1. The Balaban J connectivity index is 1.40. The number of piperazine rings is 1. The van der Waals surface area contributed by atoms with Crippen LogP contribution in [0.5, 0.6) is 0 Å². The lowest BCUT2D eigenvalue weighted by Gasteiger charge is -2.48. The van der Waals surface area contributed by atoms with Crippen molar-refractivity contribution in [1.29, 1.82) is 5.26 Å². The molecule has 0 aromatic carbocycles. The molecule has 4 aromatic rings. The smallest absolute Gasteiger partial charge is 0.252 e. The van der Waals surface area contributed by atoms with Crippen LogP contribution in [0.25, 0.3) is 16.6 Å². The van der Waals surface area contributed by atoms with Gasteiger partial charge < -0.3 is 9.47 Å². The maximum Gasteiger partial charge on any atom is 0.252 e. The van der Waals surface area contributed by atoms with E-state index in [2.05, 4.69) is 52.9 Å². The van der Waals surface area contributed by atoms with Crippen LogP contribution in [-0.4, -0.2) is 44.6 Å². The van der Waals surface area contributed by atoms with Crippen LogP contribution in [0.2, 0.25) is 0 Å². The first-order valence-electron chi connectivity index (χ1n) is 13.0. The van der Waals surface area contributed by atoms with Crippen LogP contribution in [0.15, 0.2) is 56.6 Å². The quantitative estimate of drug-likeness (QED) is 0.373. The van der Waals surface area contributed by atoms with Gasteiger partial charge in [0, 0.05) is 56.5 Å². The van der Waals surface area contributed by atoms with Crippen molar-refractivity contribution in [2.75, 3.05) is 18.0 Å². The number of allylic oxidation sites excluding steroid dienone is 1. The van der Waals surface area contributed by atoms with E-state index in [1.807, 2.05) is 13.1 Å². The average Bonchev–Trinajstić information content (AvgIpc) is 2.90. The lowest BCUT2D eigenvalue weighted by molar-refractivity contribution is -0.0247. The van der Waals surface area contributed by atoms with Crippen LogP contribution < -0.4 is 10.5 Å². The summed E-state index contributed by atoms with van der Waals surface area (Å²) in [6, 6.07) is 11.5. The van der Waals surface area contributed by atoms with Gasteiger partial charge in [-0.2, -0.15) is 5.26 Å². The minimum absolute atomic E-state index is 0.0678. The topological polar surface area (TPSA) is 104 Å². The number of fused-ring (bicyclic) bond motifs is 2. The van der Waals surface area contributed by atoms with Gasteiger partial charge >= 0.3 is 0 Å². The second-order valence-corrected chi connectivity index (χ2v) is 10.4. The van der Waals surface area contributed by atoms with Crippen molar-refractivity contribution < 1.29 is 9.15 Å². The van der Waals surface area contributed by atoms with Gasteiger partial charge in [0.2, 0.25) is 11.5 Å². The molecule has 0 saturated carbocycles. The number of aromatic nitrogens is 3. The Bertz CT molecular complexity index is 1640. The number of nitriles is 1. The Morgan fingerprint density at radius 2 is 1.97 bits per heavy atom. The van der Waals surface area contributed by atoms with Crippen LogP contribution >= 0.6 is 0 Å². The van der Waals surface area contributed by atoms with E-state index in [1.165, 1.54) is 0 Å². The molecule has 0 bridgehead atoms. The highest BCUT2D eigenvalue weighted by Crippen LogP contribution is 2.43. The molecule has 1 saturated heterocycles. The van der Waals surface area contributed by atoms with Gasteiger partial charge in [-0.1, -0.05) is 12.1 Å². The minimum atomic E-state index is -0.100. The molecule has 194 valence electrons. The number of aryl methyl sites for hydroxylation is 3. The van der Waals surface area contributed by atoms with Gasteiger partial charge in [-0.05, 0) is 51.0 Å². The van der Waals surface area contributed by atoms with Gasteiger partial charge in [0.25, 0.3) is 5.56 Å². The average molecular weight is 511 g/mol. The van der Waals surface area contributed by atoms with Crippen molar-refractivity contribution in [2.24, 2.45) is 7.05 Å². The molecule has 1 fully saturated rings. The summed E-state index contributed by atoms with van der Waals surface area (Å²) in [6.07, 6.45) is 5.91. The monoisotopic (exact) mass is 510 g/mol. The molecule has 9 nitrogen and oxygen atoms in total. The molecule has 3 atom stereocenters. The first-order chi connectivity index (χ1) is 18.4. The Hall–Kier alpha value is -4.16. The summed E-state index contributed by atoms with van der Waals surface area (Å²) in [5, 5.41) is 9.47. The van der Waals surface area contributed by atoms with Gasteiger partial charge in [0.05, 0.1) is 22.9 Å². The molecule has 0 radical (unpaired) electrons. The van der Waals surface area contributed by atoms with E-state index < -0.39 is 0 Å². The normalized spacial score (nSPS) is 20.7. The lowest BCUT2D eigenvalue weighted by Crippen LogP contribution is -2.57. The fourth-order valence-corrected chi connectivity index (χ4v) is 5.78. The third-order valence-corrected chi connectivity index (χ3v) is 7.84. The maximum atomic E-state index is 12.9. The number of rotatable bonds is 4. The van der Waals surface area contributed by atoms with Crippen molar-refractivity contribution in [2.45, 2.75) is 51.7 Å². The molecule has 1 aliphatic carbocycles. The van der Waals surface area contributed by atoms with E-state index in [9.17, 15) is 10.1 Å². The zero-order chi connectivity index (χ0) is 26.6. The molecule has 6 rings (SSSR count). The summed E-state index contributed by atoms with van der Waals surface area (Å²) in [5.41, 5.74) is 5.56. The van der Waals surface area contributed by atoms with Crippen molar-refractivity contribution >= 4 is 22.3 Å². The number of nitrogens with zero attached hydrogens (tertiary/aromatic N) is 6. The summed E-state index contributed by atoms with van der Waals surface area (Å²) < 4.78 is 12.4. The van der Waals surface area contributed by atoms with Crippen LogP contribution in [0.1, 0.15) is 54.8 Å². The second-order valence-electron chi connectivity index (χ2n) is 10.4. The molecule has 1 aliphatic heterocycles. The Morgan fingerprint density at radius 1 is 1.13 bits per heavy atom. The van der Waals surface area contributed by atoms with Gasteiger partial charge in [0.1, 0.15) is 17.3 Å². The van der Waals surface area contributed by atoms with E-state index in [1.54, 1.807) is 29.8 Å². The zero-order valence-corrected chi connectivity index (χ0v) is 22.0. The molecule has 5 heterocycles. The fraction of sp³-hybridized carbons (Fsp3) is 0.379. The fourth-order valence-electron chi connectivity index (χ4n) is 5.78. The van der Waals surface area contributed by atoms with E-state index in [0.29, 0.717) is 23.3 Å². The van der Waals surface area contributed by atoms with Gasteiger partial charge in [0.15, 0.2) is 0 Å². The van der Waals surface area contributed by atoms with Crippen molar-refractivity contribution in [3.63, 3.8) is 0 Å². The first kappa shape index (κ1) is 24.2. The molecule has 9 heteroatoms. The largest absolute Gasteiger partial charge is 0.364 e. The van der Waals surface area contributed by atoms with Crippen LogP contribution in [0.3, 0.4) is 0 Å². The first-order valence-corrected chi connectivity index (χ1v) is 13.0. The standard InChI is InChI=1S/C29H30N6O3/c1-17-8-10-22(31-14-17)28(21-6-5-7-25-29(21)38-37-25)35-16-18(2)34(15-19(35)3)24-12-26(36)33(4)23-11-9-20(13-30)32-27(23)24/h6,8-12,14,18-19,28H,5,7,15-16H2,1-4H3/t18-,19+,28?/m0/s1. The van der Waals surface area contributed by atoms with Crippen LogP contribution in [0, 0.1) is 18.3 Å². The van der Waals surface area contributed by atoms with Crippen molar-refractivity contribution in [3.05, 3.63) is 81.4 Å². The molecule has 0 N–H and O–H groups in total. The molecular formula is C29H30N6O3. The highest BCUT2D eigenvalue weighted by atomic mass is 17.0.